The fourth-order valence-electron chi connectivity index (χ4n) is 2.93. The molecule has 0 fully saturated rings. The second-order valence-electron chi connectivity index (χ2n) is 6.20. The lowest BCUT2D eigenvalue weighted by Gasteiger charge is -2.34. The highest BCUT2D eigenvalue weighted by Gasteiger charge is 2.36. The van der Waals surface area contributed by atoms with Gasteiger partial charge >= 0.3 is 0 Å². The van der Waals surface area contributed by atoms with E-state index >= 15 is 0 Å². The molecule has 2 aromatic carbocycles. The Morgan fingerprint density at radius 2 is 2.00 bits per heavy atom. The molecule has 1 unspecified atom stereocenters. The number of para-hydroxylation sites is 2. The molecular weight excluding hydrogens is 386 g/mol. The van der Waals surface area contributed by atoms with Crippen LogP contribution in [-0.4, -0.2) is 37.6 Å². The summed E-state index contributed by atoms with van der Waals surface area (Å²) in [7, 11) is -3.62. The van der Waals surface area contributed by atoms with Crippen molar-refractivity contribution >= 4 is 33.0 Å². The van der Waals surface area contributed by atoms with Gasteiger partial charge in [0.1, 0.15) is 5.75 Å². The summed E-state index contributed by atoms with van der Waals surface area (Å²) in [6.07, 6.45) is -1.10. The minimum Gasteiger partial charge on any atom is -0.476 e. The molecular formula is C18H19N3O6S. The molecule has 0 aliphatic carbocycles. The molecule has 1 heterocycles. The van der Waals surface area contributed by atoms with Crippen LogP contribution in [0.2, 0.25) is 0 Å². The van der Waals surface area contributed by atoms with Gasteiger partial charge in [-0.3, -0.25) is 19.2 Å². The van der Waals surface area contributed by atoms with Crippen molar-refractivity contribution in [3.63, 3.8) is 0 Å². The van der Waals surface area contributed by atoms with E-state index in [1.54, 1.807) is 24.3 Å². The molecule has 0 saturated carbocycles. The van der Waals surface area contributed by atoms with Gasteiger partial charge in [-0.25, -0.2) is 8.42 Å². The summed E-state index contributed by atoms with van der Waals surface area (Å²) in [6, 6.07) is 10.9. The van der Waals surface area contributed by atoms with E-state index in [1.807, 2.05) is 0 Å². The van der Waals surface area contributed by atoms with Crippen LogP contribution in [0, 0.1) is 17.0 Å². The molecule has 0 radical (unpaired) electrons. The zero-order valence-electron chi connectivity index (χ0n) is 15.3. The molecule has 148 valence electrons. The molecule has 3 rings (SSSR count). The lowest BCUT2D eigenvalue weighted by molar-refractivity contribution is -0.385. The van der Waals surface area contributed by atoms with E-state index in [-0.39, 0.29) is 29.4 Å². The lowest BCUT2D eigenvalue weighted by atomic mass is 10.1. The largest absolute Gasteiger partial charge is 0.476 e. The lowest BCUT2D eigenvalue weighted by Crippen LogP contribution is -2.49. The highest BCUT2D eigenvalue weighted by atomic mass is 32.2. The molecule has 28 heavy (non-hydrogen) atoms. The van der Waals surface area contributed by atoms with E-state index in [0.29, 0.717) is 11.3 Å². The highest BCUT2D eigenvalue weighted by Crippen LogP contribution is 2.35. The van der Waals surface area contributed by atoms with Crippen LogP contribution in [0.15, 0.2) is 42.5 Å². The maximum absolute atomic E-state index is 12.7. The Balaban J connectivity index is 1.90. The molecule has 10 heteroatoms. The number of hydrogen-bond acceptors (Lipinski definition) is 6. The number of rotatable bonds is 5. The second kappa shape index (κ2) is 7.47. The van der Waals surface area contributed by atoms with E-state index < -0.39 is 27.0 Å². The smallest absolute Gasteiger partial charge is 0.274 e. The summed E-state index contributed by atoms with van der Waals surface area (Å²) in [5.41, 5.74) is 0.824. The first-order chi connectivity index (χ1) is 13.2. The van der Waals surface area contributed by atoms with Crippen LogP contribution in [0.25, 0.3) is 0 Å². The zero-order valence-corrected chi connectivity index (χ0v) is 16.1. The van der Waals surface area contributed by atoms with Gasteiger partial charge in [-0.05, 0) is 32.0 Å². The molecule has 9 nitrogen and oxygen atoms in total. The number of nitrogens with one attached hydrogen (secondary N) is 1. The number of nitro benzene ring substituents is 1. The first kappa shape index (κ1) is 19.6. The highest BCUT2D eigenvalue weighted by molar-refractivity contribution is 7.92. The summed E-state index contributed by atoms with van der Waals surface area (Å²) in [4.78, 5) is 23.3. The van der Waals surface area contributed by atoms with Crippen molar-refractivity contribution < 1.29 is 22.9 Å². The van der Waals surface area contributed by atoms with Crippen molar-refractivity contribution in [2.24, 2.45) is 0 Å². The number of nitro groups is 1. The summed E-state index contributed by atoms with van der Waals surface area (Å²) in [6.45, 7) is 2.86. The third kappa shape index (κ3) is 3.63. The number of ether oxygens (including phenoxy) is 1. The minimum absolute atomic E-state index is 0.122. The number of fused-ring (bicyclic) bond motifs is 1. The quantitative estimate of drug-likeness (QED) is 0.603. The molecule has 1 N–H and O–H groups in total. The minimum atomic E-state index is -3.62. The molecule has 1 aliphatic rings. The number of sulfonamides is 1. The Morgan fingerprint density at radius 1 is 1.29 bits per heavy atom. The van der Waals surface area contributed by atoms with Gasteiger partial charge in [-0.2, -0.15) is 0 Å². The van der Waals surface area contributed by atoms with Crippen LogP contribution in [0.1, 0.15) is 12.5 Å². The monoisotopic (exact) mass is 405 g/mol. The van der Waals surface area contributed by atoms with Gasteiger partial charge in [0.2, 0.25) is 10.0 Å². The number of carbonyl (C=O) groups excluding carboxylic acids is 1. The van der Waals surface area contributed by atoms with Crippen molar-refractivity contribution in [1.82, 2.24) is 0 Å². The zero-order chi connectivity index (χ0) is 20.5. The van der Waals surface area contributed by atoms with Gasteiger partial charge in [0.15, 0.2) is 6.10 Å². The first-order valence-electron chi connectivity index (χ1n) is 8.55. The Hall–Kier alpha value is -3.14. The Kier molecular flexibility index (Phi) is 5.23. The SMILES string of the molecule is CCS(=O)(=O)N1CC(C(=O)Nc2cccc([N+](=O)[O-])c2C)Oc2ccccc21. The molecule has 1 aliphatic heterocycles. The standard InChI is InChI=1S/C18H19N3O6S/c1-3-28(25,26)20-11-17(27-16-10-5-4-8-15(16)20)18(22)19-13-7-6-9-14(12(13)2)21(23)24/h4-10,17H,3,11H2,1-2H3,(H,19,22). The van der Waals surface area contributed by atoms with Gasteiger partial charge < -0.3 is 10.1 Å². The van der Waals surface area contributed by atoms with Crippen molar-refractivity contribution in [1.29, 1.82) is 0 Å². The molecule has 0 aromatic heterocycles. The number of benzene rings is 2. The molecule has 0 saturated heterocycles. The van der Waals surface area contributed by atoms with E-state index in [4.69, 9.17) is 4.74 Å². The first-order valence-corrected chi connectivity index (χ1v) is 10.2. The number of carbonyl (C=O) groups is 1. The third-order valence-corrected chi connectivity index (χ3v) is 6.23. The summed E-state index contributed by atoms with van der Waals surface area (Å²) >= 11 is 0. The van der Waals surface area contributed by atoms with E-state index in [2.05, 4.69) is 5.32 Å². The molecule has 1 atom stereocenters. The van der Waals surface area contributed by atoms with Crippen molar-refractivity contribution in [3.05, 3.63) is 58.1 Å². The molecule has 1 amide bonds. The number of hydrogen-bond donors (Lipinski definition) is 1. The maximum atomic E-state index is 12.7. The topological polar surface area (TPSA) is 119 Å². The van der Waals surface area contributed by atoms with Gasteiger partial charge in [-0.15, -0.1) is 0 Å². The molecule has 0 spiro atoms. The summed E-state index contributed by atoms with van der Waals surface area (Å²) in [5, 5.41) is 13.7. The van der Waals surface area contributed by atoms with Crippen molar-refractivity contribution in [2.45, 2.75) is 20.0 Å². The summed E-state index contributed by atoms with van der Waals surface area (Å²) < 4.78 is 31.8. The predicted molar refractivity (Wildman–Crippen MR) is 104 cm³/mol. The van der Waals surface area contributed by atoms with Gasteiger partial charge in [-0.1, -0.05) is 18.2 Å². The van der Waals surface area contributed by atoms with Gasteiger partial charge in [0, 0.05) is 6.07 Å². The maximum Gasteiger partial charge on any atom is 0.274 e. The fourth-order valence-corrected chi connectivity index (χ4v) is 4.05. The predicted octanol–water partition coefficient (Wildman–Crippen LogP) is 2.46. The third-order valence-electron chi connectivity index (χ3n) is 4.49. The number of amides is 1. The van der Waals surface area contributed by atoms with Gasteiger partial charge in [0.25, 0.3) is 11.6 Å². The summed E-state index contributed by atoms with van der Waals surface area (Å²) in [5.74, 6) is -0.435. The van der Waals surface area contributed by atoms with Crippen molar-refractivity contribution in [2.75, 3.05) is 21.9 Å². The fraction of sp³-hybridized carbons (Fsp3) is 0.278. The van der Waals surface area contributed by atoms with E-state index in [9.17, 15) is 23.3 Å². The average molecular weight is 405 g/mol. The Labute approximate surface area is 162 Å². The Bertz CT molecular complexity index is 1040. The van der Waals surface area contributed by atoms with Crippen LogP contribution in [0.5, 0.6) is 5.75 Å². The normalized spacial score (nSPS) is 16.1. The van der Waals surface area contributed by atoms with Crippen LogP contribution in [0.4, 0.5) is 17.1 Å². The number of anilines is 2. The van der Waals surface area contributed by atoms with Gasteiger partial charge in [0.05, 0.1) is 34.2 Å². The molecule has 2 aromatic rings. The molecule has 0 bridgehead atoms. The Morgan fingerprint density at radius 3 is 2.68 bits per heavy atom. The number of nitrogens with zero attached hydrogens (tertiary/aromatic N) is 2. The van der Waals surface area contributed by atoms with E-state index in [1.165, 1.54) is 32.0 Å². The second-order valence-corrected chi connectivity index (χ2v) is 8.38. The average Bonchev–Trinajstić information content (AvgIpc) is 2.68. The van der Waals surface area contributed by atoms with Crippen molar-refractivity contribution in [3.8, 4) is 5.75 Å². The van der Waals surface area contributed by atoms with Crippen LogP contribution < -0.4 is 14.4 Å². The van der Waals surface area contributed by atoms with E-state index in [0.717, 1.165) is 4.31 Å². The van der Waals surface area contributed by atoms with Crippen LogP contribution in [-0.2, 0) is 14.8 Å². The van der Waals surface area contributed by atoms with Crippen LogP contribution in [0.3, 0.4) is 0 Å². The van der Waals surface area contributed by atoms with Crippen LogP contribution >= 0.6 is 0 Å².